The summed E-state index contributed by atoms with van der Waals surface area (Å²) in [5.41, 5.74) is 4.73. The van der Waals surface area contributed by atoms with Gasteiger partial charge in [-0.25, -0.2) is 19.9 Å². The molecule has 0 aliphatic rings. The molecule has 7 heteroatoms. The van der Waals surface area contributed by atoms with Crippen molar-refractivity contribution in [3.8, 4) is 11.3 Å². The van der Waals surface area contributed by atoms with Crippen LogP contribution < -0.4 is 5.32 Å². The number of hydrogen-bond acceptors (Lipinski definition) is 6. The van der Waals surface area contributed by atoms with Crippen LogP contribution in [0.4, 0.5) is 5.95 Å². The average molecular weight is 359 g/mol. The van der Waals surface area contributed by atoms with E-state index in [4.69, 9.17) is 0 Å². The minimum absolute atomic E-state index is 0.000750. The molecule has 0 fully saturated rings. The minimum Gasteiger partial charge on any atom is -0.346 e. The summed E-state index contributed by atoms with van der Waals surface area (Å²) in [4.78, 5) is 22.5. The summed E-state index contributed by atoms with van der Waals surface area (Å²) in [7, 11) is 0. The topological polar surface area (TPSA) is 80.9 Å². The van der Waals surface area contributed by atoms with Gasteiger partial charge >= 0.3 is 0 Å². The summed E-state index contributed by atoms with van der Waals surface area (Å²) in [6.45, 7) is 6.09. The molecular formula is C20H21N7. The normalized spacial score (nSPS) is 12.3. The molecule has 136 valence electrons. The van der Waals surface area contributed by atoms with Crippen molar-refractivity contribution in [2.75, 3.05) is 5.32 Å². The maximum Gasteiger partial charge on any atom is 0.233 e. The average Bonchev–Trinajstić information content (AvgIpc) is 3.10. The van der Waals surface area contributed by atoms with Gasteiger partial charge in [0.15, 0.2) is 0 Å². The quantitative estimate of drug-likeness (QED) is 0.584. The van der Waals surface area contributed by atoms with Gasteiger partial charge in [0, 0.05) is 41.7 Å². The predicted octanol–water partition coefficient (Wildman–Crippen LogP) is 3.76. The summed E-state index contributed by atoms with van der Waals surface area (Å²) in [5.74, 6) is 1.26. The van der Waals surface area contributed by atoms with Crippen LogP contribution in [0.25, 0.3) is 17.0 Å². The Kier molecular flexibility index (Phi) is 4.50. The summed E-state index contributed by atoms with van der Waals surface area (Å²) >= 11 is 0. The zero-order chi connectivity index (χ0) is 18.8. The first-order valence-corrected chi connectivity index (χ1v) is 8.98. The molecule has 0 aromatic carbocycles. The lowest BCUT2D eigenvalue weighted by Crippen LogP contribution is -2.12. The molecule has 4 aromatic rings. The zero-order valence-corrected chi connectivity index (χ0v) is 15.6. The lowest BCUT2D eigenvalue weighted by molar-refractivity contribution is 0.719. The van der Waals surface area contributed by atoms with E-state index < -0.39 is 0 Å². The van der Waals surface area contributed by atoms with Crippen molar-refractivity contribution in [1.29, 1.82) is 0 Å². The van der Waals surface area contributed by atoms with Crippen LogP contribution in [-0.2, 0) is 0 Å². The summed E-state index contributed by atoms with van der Waals surface area (Å²) < 4.78 is 1.91. The Morgan fingerprint density at radius 1 is 1.04 bits per heavy atom. The van der Waals surface area contributed by atoms with Gasteiger partial charge in [-0.2, -0.15) is 0 Å². The van der Waals surface area contributed by atoms with Crippen LogP contribution >= 0.6 is 0 Å². The van der Waals surface area contributed by atoms with Gasteiger partial charge in [-0.15, -0.1) is 0 Å². The highest BCUT2D eigenvalue weighted by Gasteiger charge is 2.15. The van der Waals surface area contributed by atoms with Gasteiger partial charge in [-0.05, 0) is 44.5 Å². The minimum atomic E-state index is -0.000750. The first kappa shape index (κ1) is 17.1. The van der Waals surface area contributed by atoms with E-state index in [0.29, 0.717) is 11.7 Å². The van der Waals surface area contributed by atoms with E-state index in [1.165, 1.54) is 0 Å². The molecule has 27 heavy (non-hydrogen) atoms. The number of nitrogens with zero attached hydrogens (tertiary/aromatic N) is 6. The monoisotopic (exact) mass is 359 g/mol. The molecule has 0 unspecified atom stereocenters. The van der Waals surface area contributed by atoms with Crippen LogP contribution in [-0.4, -0.2) is 29.3 Å². The second-order valence-electron chi connectivity index (χ2n) is 6.45. The van der Waals surface area contributed by atoms with Crippen LogP contribution in [0.3, 0.4) is 0 Å². The van der Waals surface area contributed by atoms with Gasteiger partial charge in [0.2, 0.25) is 11.7 Å². The van der Waals surface area contributed by atoms with Crippen LogP contribution in [0.2, 0.25) is 0 Å². The van der Waals surface area contributed by atoms with Gasteiger partial charge in [0.05, 0.1) is 17.4 Å². The molecule has 0 bridgehead atoms. The number of fused-ring (bicyclic) bond motifs is 1. The molecule has 0 amide bonds. The van der Waals surface area contributed by atoms with Crippen molar-refractivity contribution >= 4 is 11.7 Å². The second kappa shape index (κ2) is 7.11. The van der Waals surface area contributed by atoms with Crippen molar-refractivity contribution in [3.05, 3.63) is 66.1 Å². The van der Waals surface area contributed by atoms with Crippen molar-refractivity contribution in [2.24, 2.45) is 0 Å². The number of aromatic nitrogens is 6. The van der Waals surface area contributed by atoms with Crippen molar-refractivity contribution in [3.63, 3.8) is 0 Å². The van der Waals surface area contributed by atoms with E-state index in [9.17, 15) is 0 Å². The molecule has 1 atom stereocenters. The Labute approximate surface area is 157 Å². The Morgan fingerprint density at radius 2 is 1.93 bits per heavy atom. The molecule has 0 spiro atoms. The van der Waals surface area contributed by atoms with E-state index in [0.717, 1.165) is 34.8 Å². The zero-order valence-electron chi connectivity index (χ0n) is 15.6. The number of anilines is 1. The number of hydrogen-bond donors (Lipinski definition) is 1. The number of nitrogens with one attached hydrogen (secondary N) is 1. The lowest BCUT2D eigenvalue weighted by Gasteiger charge is -2.15. The van der Waals surface area contributed by atoms with Gasteiger partial charge in [0.1, 0.15) is 0 Å². The number of imidazole rings is 1. The molecule has 0 aliphatic heterocycles. The highest BCUT2D eigenvalue weighted by Crippen LogP contribution is 2.24. The first-order valence-electron chi connectivity index (χ1n) is 8.98. The molecule has 0 saturated heterocycles. The fourth-order valence-corrected chi connectivity index (χ4v) is 3.09. The van der Waals surface area contributed by atoms with Crippen molar-refractivity contribution < 1.29 is 0 Å². The lowest BCUT2D eigenvalue weighted by atomic mass is 10.1. The first-order chi connectivity index (χ1) is 13.1. The summed E-state index contributed by atoms with van der Waals surface area (Å²) in [6, 6.07) is 7.84. The highest BCUT2D eigenvalue weighted by atomic mass is 15.1. The molecular weight excluding hydrogens is 338 g/mol. The van der Waals surface area contributed by atoms with E-state index in [2.05, 4.69) is 43.2 Å². The third-order valence-corrected chi connectivity index (χ3v) is 4.48. The van der Waals surface area contributed by atoms with Gasteiger partial charge in [-0.3, -0.25) is 9.38 Å². The number of rotatable bonds is 5. The molecule has 0 radical (unpaired) electrons. The van der Waals surface area contributed by atoms with Gasteiger partial charge < -0.3 is 5.32 Å². The Bertz CT molecular complexity index is 1050. The molecule has 0 saturated carbocycles. The smallest absolute Gasteiger partial charge is 0.233 e. The highest BCUT2D eigenvalue weighted by molar-refractivity contribution is 5.62. The van der Waals surface area contributed by atoms with Crippen LogP contribution in [0.1, 0.15) is 36.5 Å². The van der Waals surface area contributed by atoms with Gasteiger partial charge in [0.25, 0.3) is 0 Å². The van der Waals surface area contributed by atoms with E-state index in [1.807, 2.05) is 48.8 Å². The van der Waals surface area contributed by atoms with Crippen molar-refractivity contribution in [2.45, 2.75) is 33.2 Å². The SMILES string of the molecule is CC[C@@H](Nc1nccc(-c2ccc(C)nc2C)n1)c1cn2cccnc2n1. The van der Waals surface area contributed by atoms with Crippen molar-refractivity contribution in [1.82, 2.24) is 29.3 Å². The largest absolute Gasteiger partial charge is 0.346 e. The van der Waals surface area contributed by atoms with Crippen LogP contribution in [0.5, 0.6) is 0 Å². The Hall–Kier alpha value is -3.35. The van der Waals surface area contributed by atoms with E-state index in [-0.39, 0.29) is 6.04 Å². The molecule has 0 aliphatic carbocycles. The van der Waals surface area contributed by atoms with Crippen LogP contribution in [0.15, 0.2) is 49.1 Å². The van der Waals surface area contributed by atoms with Crippen LogP contribution in [0, 0.1) is 13.8 Å². The molecule has 4 rings (SSSR count). The Balaban J connectivity index is 1.63. The van der Waals surface area contributed by atoms with E-state index in [1.54, 1.807) is 12.4 Å². The van der Waals surface area contributed by atoms with Gasteiger partial charge in [-0.1, -0.05) is 6.92 Å². The third kappa shape index (κ3) is 3.48. The third-order valence-electron chi connectivity index (χ3n) is 4.48. The maximum absolute atomic E-state index is 4.69. The maximum atomic E-state index is 4.69. The Morgan fingerprint density at radius 3 is 2.70 bits per heavy atom. The number of aryl methyl sites for hydroxylation is 2. The molecule has 7 nitrogen and oxygen atoms in total. The fraction of sp³-hybridized carbons (Fsp3) is 0.250. The molecule has 1 N–H and O–H groups in total. The standard InChI is InChI=1S/C20H21N7/c1-4-16(18-12-27-11-5-9-22-20(27)26-18)24-19-21-10-8-17(25-19)15-7-6-13(2)23-14(15)3/h5-12,16H,4H2,1-3H3,(H,21,24,25)/t16-/m1/s1. The molecule has 4 aromatic heterocycles. The fourth-order valence-electron chi connectivity index (χ4n) is 3.09. The summed E-state index contributed by atoms with van der Waals surface area (Å²) in [6.07, 6.45) is 8.28. The predicted molar refractivity (Wildman–Crippen MR) is 104 cm³/mol. The molecule has 4 heterocycles. The number of pyridine rings is 1. The van der Waals surface area contributed by atoms with E-state index >= 15 is 0 Å². The summed E-state index contributed by atoms with van der Waals surface area (Å²) in [5, 5.41) is 3.40. The second-order valence-corrected chi connectivity index (χ2v) is 6.45.